The fraction of sp³-hybridized carbons (Fsp3) is 0.510. The number of aromatic hydroxyl groups is 2. The van der Waals surface area contributed by atoms with E-state index in [4.69, 9.17) is 9.98 Å². The molecule has 4 aromatic carbocycles. The second-order valence-electron chi connectivity index (χ2n) is 16.3. The molecule has 0 amide bonds. The number of hydrogen-bond donors (Lipinski definition) is 2. The number of aryl methyl sites for hydroxylation is 5. The summed E-state index contributed by atoms with van der Waals surface area (Å²) in [5.41, 5.74) is 12.4. The highest BCUT2D eigenvalue weighted by Gasteiger charge is 2.17. The van der Waals surface area contributed by atoms with Crippen molar-refractivity contribution in [2.75, 3.05) is 0 Å². The Morgan fingerprint density at radius 3 is 1.52 bits per heavy atom. The molecule has 294 valence electrons. The molecule has 0 heterocycles. The number of phenols is 2. The smallest absolute Gasteiger partial charge is 0.127 e. The Bertz CT molecular complexity index is 1830. The predicted molar refractivity (Wildman–Crippen MR) is 241 cm³/mol. The van der Waals surface area contributed by atoms with Gasteiger partial charge in [-0.15, -0.1) is 0 Å². The maximum atomic E-state index is 10.1. The molecule has 0 unspecified atom stereocenters. The van der Waals surface area contributed by atoms with E-state index >= 15 is 0 Å². The van der Waals surface area contributed by atoms with Gasteiger partial charge in [-0.1, -0.05) is 124 Å². The summed E-state index contributed by atoms with van der Waals surface area (Å²) < 4.78 is 0. The van der Waals surface area contributed by atoms with Crippen LogP contribution in [0.4, 0.5) is 11.4 Å². The lowest BCUT2D eigenvalue weighted by Gasteiger charge is -2.17. The van der Waals surface area contributed by atoms with Crippen molar-refractivity contribution in [3.8, 4) is 11.5 Å². The number of unbranched alkanes of at least 4 members (excludes halogenated alkanes) is 6. The highest BCUT2D eigenvalue weighted by molar-refractivity contribution is 6.75. The molecular weight excluding hydrogens is 677 g/mol. The maximum Gasteiger partial charge on any atom is 0.127 e. The number of aliphatic imine (C=N–C) groups is 2. The zero-order valence-electron chi connectivity index (χ0n) is 35.7. The van der Waals surface area contributed by atoms with Crippen LogP contribution in [-0.4, -0.2) is 29.7 Å². The van der Waals surface area contributed by atoms with Gasteiger partial charge in [0.2, 0.25) is 0 Å². The first-order chi connectivity index (χ1) is 25.9. The van der Waals surface area contributed by atoms with Gasteiger partial charge < -0.3 is 10.2 Å². The molecule has 0 fully saturated rings. The molecule has 0 saturated carbocycles. The first-order valence-corrected chi connectivity index (χ1v) is 24.9. The predicted octanol–water partition coefficient (Wildman–Crippen LogP) is 14.7. The van der Waals surface area contributed by atoms with Gasteiger partial charge in [0.15, 0.2) is 0 Å². The lowest BCUT2D eigenvalue weighted by molar-refractivity contribution is 0.463. The van der Waals surface area contributed by atoms with Gasteiger partial charge in [-0.05, 0) is 139 Å². The van der Waals surface area contributed by atoms with Crippen LogP contribution in [-0.2, 0) is 31.7 Å². The Hall–Kier alpha value is -3.70. The second kappa shape index (κ2) is 22.6. The summed E-state index contributed by atoms with van der Waals surface area (Å²) in [6.45, 7) is 22.4. The molecule has 5 heteroatoms. The van der Waals surface area contributed by atoms with Crippen molar-refractivity contribution >= 4 is 41.6 Å². The van der Waals surface area contributed by atoms with Crippen molar-refractivity contribution in [3.05, 3.63) is 94.0 Å². The average Bonchev–Trinajstić information content (AvgIpc) is 3.13. The number of phenolic OH excluding ortho intramolecular Hbond substituents is 2. The normalized spacial score (nSPS) is 12.3. The fourth-order valence-corrected chi connectivity index (χ4v) is 8.79. The summed E-state index contributed by atoms with van der Waals surface area (Å²) in [6.07, 6.45) is 16.4. The fourth-order valence-electron chi connectivity index (χ4n) is 7.36. The van der Waals surface area contributed by atoms with E-state index in [-0.39, 0.29) is 11.5 Å². The molecule has 0 bridgehead atoms. The van der Waals surface area contributed by atoms with Crippen LogP contribution in [0.2, 0.25) is 19.6 Å². The zero-order chi connectivity index (χ0) is 39.7. The third kappa shape index (κ3) is 14.2. The van der Waals surface area contributed by atoms with Gasteiger partial charge in [0.25, 0.3) is 0 Å². The van der Waals surface area contributed by atoms with Crippen molar-refractivity contribution in [2.24, 2.45) is 9.98 Å². The number of fused-ring (bicyclic) bond motifs is 1. The molecule has 2 N–H and O–H groups in total. The van der Waals surface area contributed by atoms with E-state index in [1.807, 2.05) is 13.0 Å². The minimum atomic E-state index is -1.21. The molecule has 0 atom stereocenters. The summed E-state index contributed by atoms with van der Waals surface area (Å²) in [5.74, 6) is 0.334. The standard InChI is InChI=1S/C34H52N2.C15H20O2Si/c1-7-13-15-16-17-18-20-34(36-32-24-22-28(10-4)30(12-6)26-32)33(19-14-8-2)35-31-23-21-27(9-3)29(11-5)25-31;1-10-5-12-7-11(9-18(2,3)4)8-14(17)15(12)13(16)6-10/h21-26H,7-20H2,1-6H3;5-8,16-17H,9H2,1-4H3. The molecule has 0 spiro atoms. The van der Waals surface area contributed by atoms with Gasteiger partial charge in [0, 0.05) is 8.07 Å². The molecule has 0 aliphatic heterocycles. The first-order valence-electron chi connectivity index (χ1n) is 21.2. The topological polar surface area (TPSA) is 65.2 Å². The monoisotopic (exact) mass is 749 g/mol. The van der Waals surface area contributed by atoms with E-state index in [9.17, 15) is 10.2 Å². The Morgan fingerprint density at radius 1 is 0.537 bits per heavy atom. The third-order valence-corrected chi connectivity index (χ3v) is 11.7. The largest absolute Gasteiger partial charge is 0.507 e. The lowest BCUT2D eigenvalue weighted by atomic mass is 9.99. The van der Waals surface area contributed by atoms with E-state index in [0.717, 1.165) is 78.9 Å². The van der Waals surface area contributed by atoms with Gasteiger partial charge in [0.05, 0.1) is 28.2 Å². The van der Waals surface area contributed by atoms with Gasteiger partial charge in [-0.25, -0.2) is 0 Å². The third-order valence-electron chi connectivity index (χ3n) is 10.2. The number of benzene rings is 4. The van der Waals surface area contributed by atoms with E-state index in [2.05, 4.69) is 104 Å². The van der Waals surface area contributed by atoms with Crippen molar-refractivity contribution in [1.29, 1.82) is 0 Å². The van der Waals surface area contributed by atoms with E-state index in [1.54, 1.807) is 12.1 Å². The minimum Gasteiger partial charge on any atom is -0.507 e. The van der Waals surface area contributed by atoms with Gasteiger partial charge in [-0.3, -0.25) is 9.98 Å². The SMILES string of the molecule is CCCCCCCCC(=Nc1ccc(CC)c(CC)c1)C(CCCC)=Nc1ccc(CC)c(CC)c1.Cc1cc(O)c2c(O)cc(C[Si](C)(C)C)cc2c1. The minimum absolute atomic E-state index is 0.155. The first kappa shape index (κ1) is 44.7. The maximum absolute atomic E-state index is 10.1. The van der Waals surface area contributed by atoms with Crippen molar-refractivity contribution in [2.45, 2.75) is 164 Å². The van der Waals surface area contributed by atoms with Crippen molar-refractivity contribution in [3.63, 3.8) is 0 Å². The van der Waals surface area contributed by atoms with Crippen LogP contribution in [0.3, 0.4) is 0 Å². The number of hydrogen-bond acceptors (Lipinski definition) is 4. The zero-order valence-corrected chi connectivity index (χ0v) is 36.7. The number of rotatable bonds is 19. The van der Waals surface area contributed by atoms with E-state index in [1.165, 1.54) is 78.6 Å². The molecule has 0 aromatic heterocycles. The Morgan fingerprint density at radius 2 is 1.02 bits per heavy atom. The lowest BCUT2D eigenvalue weighted by Crippen LogP contribution is -2.23. The summed E-state index contributed by atoms with van der Waals surface area (Å²) in [4.78, 5) is 10.6. The van der Waals surface area contributed by atoms with Crippen LogP contribution in [0.1, 0.15) is 139 Å². The van der Waals surface area contributed by atoms with E-state index < -0.39 is 8.07 Å². The molecule has 4 nitrogen and oxygen atoms in total. The van der Waals surface area contributed by atoms with Crippen LogP contribution in [0.5, 0.6) is 11.5 Å². The summed E-state index contributed by atoms with van der Waals surface area (Å²) in [7, 11) is -1.21. The van der Waals surface area contributed by atoms with Crippen LogP contribution in [0.25, 0.3) is 10.8 Å². The van der Waals surface area contributed by atoms with Gasteiger partial charge in [0.1, 0.15) is 11.5 Å². The molecule has 0 aliphatic rings. The Kier molecular flexibility index (Phi) is 18.7. The highest BCUT2D eigenvalue weighted by Crippen LogP contribution is 2.35. The van der Waals surface area contributed by atoms with Gasteiger partial charge in [-0.2, -0.15) is 0 Å². The molecule has 0 saturated heterocycles. The Balaban J connectivity index is 0.000000362. The molecule has 4 rings (SSSR count). The second-order valence-corrected chi connectivity index (χ2v) is 21.8. The average molecular weight is 749 g/mol. The summed E-state index contributed by atoms with van der Waals surface area (Å²) >= 11 is 0. The summed E-state index contributed by atoms with van der Waals surface area (Å²) in [5, 5.41) is 21.5. The van der Waals surface area contributed by atoms with E-state index in [0.29, 0.717) is 5.39 Å². The quantitative estimate of drug-likeness (QED) is 0.0570. The molecule has 0 aliphatic carbocycles. The molecular formula is C49H72N2O2Si. The summed E-state index contributed by atoms with van der Waals surface area (Å²) in [6, 6.07) is 22.2. The molecule has 4 aromatic rings. The highest BCUT2D eigenvalue weighted by atomic mass is 28.3. The Labute approximate surface area is 330 Å². The number of nitrogens with zero attached hydrogens (tertiary/aromatic N) is 2. The van der Waals surface area contributed by atoms with Crippen LogP contribution >= 0.6 is 0 Å². The van der Waals surface area contributed by atoms with Crippen LogP contribution in [0.15, 0.2) is 70.6 Å². The van der Waals surface area contributed by atoms with Crippen LogP contribution < -0.4 is 0 Å². The molecule has 54 heavy (non-hydrogen) atoms. The van der Waals surface area contributed by atoms with Gasteiger partial charge >= 0.3 is 0 Å². The van der Waals surface area contributed by atoms with Crippen molar-refractivity contribution in [1.82, 2.24) is 0 Å². The molecule has 0 radical (unpaired) electrons. The van der Waals surface area contributed by atoms with Crippen LogP contribution in [0, 0.1) is 6.92 Å². The van der Waals surface area contributed by atoms with Crippen molar-refractivity contribution < 1.29 is 10.2 Å².